The Morgan fingerprint density at radius 1 is 1.43 bits per heavy atom. The van der Waals surface area contributed by atoms with Crippen LogP contribution in [0.25, 0.3) is 0 Å². The number of rotatable bonds is 4. The monoisotopic (exact) mass is 293 g/mol. The van der Waals surface area contributed by atoms with E-state index in [1.54, 1.807) is 13.2 Å². The van der Waals surface area contributed by atoms with Crippen LogP contribution < -0.4 is 10.1 Å². The molecular weight excluding hydrogens is 270 g/mol. The second-order valence-corrected chi connectivity index (χ2v) is 6.27. The average molecular weight is 293 g/mol. The fraction of sp³-hybridized carbons (Fsp3) is 0.667. The maximum Gasteiger partial charge on any atom is 0.307 e. The molecule has 0 amide bonds. The van der Waals surface area contributed by atoms with E-state index in [1.165, 1.54) is 6.33 Å². The summed E-state index contributed by atoms with van der Waals surface area (Å²) in [5, 5.41) is 12.8. The van der Waals surface area contributed by atoms with Gasteiger partial charge in [0.2, 0.25) is 5.88 Å². The number of ether oxygens (including phenoxy) is 1. The summed E-state index contributed by atoms with van der Waals surface area (Å²) >= 11 is 0. The van der Waals surface area contributed by atoms with Crippen LogP contribution in [0.2, 0.25) is 0 Å². The molecular formula is C15H23N3O3. The molecule has 0 saturated heterocycles. The second-order valence-electron chi connectivity index (χ2n) is 6.27. The first-order chi connectivity index (χ1) is 9.86. The Morgan fingerprint density at radius 3 is 2.76 bits per heavy atom. The lowest BCUT2D eigenvalue weighted by atomic mass is 9.61. The maximum atomic E-state index is 11.4. The van der Waals surface area contributed by atoms with Gasteiger partial charge in [0.05, 0.1) is 13.0 Å². The molecule has 0 aromatic carbocycles. The van der Waals surface area contributed by atoms with Crippen LogP contribution in [-0.2, 0) is 4.79 Å². The van der Waals surface area contributed by atoms with Crippen LogP contribution in [0.5, 0.6) is 5.88 Å². The topological polar surface area (TPSA) is 84.3 Å². The number of hydrogen-bond donors (Lipinski definition) is 2. The molecule has 1 fully saturated rings. The van der Waals surface area contributed by atoms with Gasteiger partial charge in [-0.1, -0.05) is 20.8 Å². The number of hydrogen-bond acceptors (Lipinski definition) is 5. The van der Waals surface area contributed by atoms with Crippen LogP contribution in [0.1, 0.15) is 33.6 Å². The normalized spacial score (nSPS) is 27.9. The average Bonchev–Trinajstić information content (AvgIpc) is 2.44. The molecule has 116 valence electrons. The van der Waals surface area contributed by atoms with Crippen molar-refractivity contribution in [2.75, 3.05) is 12.4 Å². The smallest absolute Gasteiger partial charge is 0.307 e. The van der Waals surface area contributed by atoms with E-state index in [2.05, 4.69) is 22.2 Å². The molecule has 21 heavy (non-hydrogen) atoms. The molecule has 1 aliphatic carbocycles. The van der Waals surface area contributed by atoms with Gasteiger partial charge in [0.1, 0.15) is 12.1 Å². The van der Waals surface area contributed by atoms with Gasteiger partial charge in [-0.05, 0) is 24.2 Å². The van der Waals surface area contributed by atoms with Gasteiger partial charge in [-0.15, -0.1) is 0 Å². The van der Waals surface area contributed by atoms with Gasteiger partial charge in [0.15, 0.2) is 0 Å². The Balaban J connectivity index is 2.13. The third-order valence-electron chi connectivity index (χ3n) is 4.92. The molecule has 3 atom stereocenters. The molecule has 0 radical (unpaired) electrons. The van der Waals surface area contributed by atoms with Crippen molar-refractivity contribution in [2.24, 2.45) is 17.3 Å². The number of carboxylic acid groups (broad SMARTS) is 1. The summed E-state index contributed by atoms with van der Waals surface area (Å²) in [6, 6.07) is 1.94. The molecule has 1 saturated carbocycles. The number of methoxy groups -OCH3 is 1. The quantitative estimate of drug-likeness (QED) is 0.887. The summed E-state index contributed by atoms with van der Waals surface area (Å²) < 4.78 is 5.09. The summed E-state index contributed by atoms with van der Waals surface area (Å²) in [7, 11) is 1.57. The third kappa shape index (κ3) is 3.09. The number of aliphatic carboxylic acids is 1. The fourth-order valence-electron chi connectivity index (χ4n) is 3.16. The molecule has 0 bridgehead atoms. The summed E-state index contributed by atoms with van der Waals surface area (Å²) in [5.41, 5.74) is -0.265. The van der Waals surface area contributed by atoms with E-state index >= 15 is 0 Å². The van der Waals surface area contributed by atoms with Crippen LogP contribution in [0, 0.1) is 17.3 Å². The summed E-state index contributed by atoms with van der Waals surface area (Å²) in [6.07, 6.45) is 2.94. The third-order valence-corrected chi connectivity index (χ3v) is 4.92. The lowest BCUT2D eigenvalue weighted by molar-refractivity contribution is -0.149. The molecule has 1 heterocycles. The van der Waals surface area contributed by atoms with Gasteiger partial charge >= 0.3 is 5.97 Å². The van der Waals surface area contributed by atoms with E-state index in [4.69, 9.17) is 4.74 Å². The van der Waals surface area contributed by atoms with Crippen LogP contribution in [0.15, 0.2) is 12.4 Å². The highest BCUT2D eigenvalue weighted by Crippen LogP contribution is 2.45. The van der Waals surface area contributed by atoms with Gasteiger partial charge in [0, 0.05) is 12.1 Å². The van der Waals surface area contributed by atoms with E-state index in [9.17, 15) is 9.90 Å². The van der Waals surface area contributed by atoms with Crippen LogP contribution >= 0.6 is 0 Å². The van der Waals surface area contributed by atoms with Crippen molar-refractivity contribution in [2.45, 2.75) is 39.7 Å². The number of carboxylic acids is 1. The Bertz CT molecular complexity index is 519. The molecule has 6 heteroatoms. The first kappa shape index (κ1) is 15.5. The first-order valence-corrected chi connectivity index (χ1v) is 7.21. The van der Waals surface area contributed by atoms with Crippen molar-refractivity contribution in [1.29, 1.82) is 0 Å². The number of nitrogens with zero attached hydrogens (tertiary/aromatic N) is 2. The number of carbonyl (C=O) groups is 1. The molecule has 6 nitrogen and oxygen atoms in total. The van der Waals surface area contributed by atoms with Gasteiger partial charge in [-0.25, -0.2) is 9.97 Å². The number of anilines is 1. The summed E-state index contributed by atoms with van der Waals surface area (Å²) in [6.45, 7) is 6.17. The Morgan fingerprint density at radius 2 is 2.14 bits per heavy atom. The van der Waals surface area contributed by atoms with Gasteiger partial charge < -0.3 is 15.2 Å². The standard InChI is InChI=1S/C15H23N3O3/c1-9-11(6-5-10(14(19)20)15(9,2)3)18-12-7-13(21-4)17-8-16-12/h7-11H,5-6H2,1-4H3,(H,19,20)(H,16,17,18). The SMILES string of the molecule is COc1cc(NC2CCC(C(=O)O)C(C)(C)C2C)ncn1. The zero-order valence-electron chi connectivity index (χ0n) is 13.0. The van der Waals surface area contributed by atoms with E-state index < -0.39 is 5.97 Å². The highest BCUT2D eigenvalue weighted by molar-refractivity contribution is 5.71. The molecule has 1 aromatic heterocycles. The van der Waals surface area contributed by atoms with Crippen molar-refractivity contribution in [1.82, 2.24) is 9.97 Å². The highest BCUT2D eigenvalue weighted by atomic mass is 16.5. The highest BCUT2D eigenvalue weighted by Gasteiger charge is 2.46. The predicted molar refractivity (Wildman–Crippen MR) is 79.3 cm³/mol. The zero-order valence-corrected chi connectivity index (χ0v) is 13.0. The van der Waals surface area contributed by atoms with Crippen molar-refractivity contribution < 1.29 is 14.6 Å². The molecule has 2 N–H and O–H groups in total. The number of nitrogens with one attached hydrogen (secondary N) is 1. The molecule has 1 aliphatic rings. The maximum absolute atomic E-state index is 11.4. The van der Waals surface area contributed by atoms with Crippen LogP contribution in [-0.4, -0.2) is 34.2 Å². The van der Waals surface area contributed by atoms with Crippen molar-refractivity contribution in [3.05, 3.63) is 12.4 Å². The minimum atomic E-state index is -0.700. The lowest BCUT2D eigenvalue weighted by Gasteiger charge is -2.46. The molecule has 0 aliphatic heterocycles. The van der Waals surface area contributed by atoms with Gasteiger partial charge in [-0.2, -0.15) is 0 Å². The largest absolute Gasteiger partial charge is 0.481 e. The number of aromatic nitrogens is 2. The van der Waals surface area contributed by atoms with E-state index in [-0.39, 0.29) is 23.3 Å². The molecule has 0 spiro atoms. The van der Waals surface area contributed by atoms with Crippen LogP contribution in [0.4, 0.5) is 5.82 Å². The minimum Gasteiger partial charge on any atom is -0.481 e. The fourth-order valence-corrected chi connectivity index (χ4v) is 3.16. The summed E-state index contributed by atoms with van der Waals surface area (Å²) in [5.74, 6) is 0.440. The van der Waals surface area contributed by atoms with Crippen LogP contribution in [0.3, 0.4) is 0 Å². The van der Waals surface area contributed by atoms with Gasteiger partial charge in [-0.3, -0.25) is 4.79 Å². The summed E-state index contributed by atoms with van der Waals surface area (Å²) in [4.78, 5) is 19.6. The molecule has 1 aromatic rings. The Hall–Kier alpha value is -1.85. The van der Waals surface area contributed by atoms with E-state index in [0.29, 0.717) is 18.1 Å². The molecule has 3 unspecified atom stereocenters. The second kappa shape index (κ2) is 5.87. The Kier molecular flexibility index (Phi) is 4.34. The minimum absolute atomic E-state index is 0.190. The lowest BCUT2D eigenvalue weighted by Crippen LogP contribution is -2.48. The Labute approximate surface area is 124 Å². The molecule has 2 rings (SSSR count). The van der Waals surface area contributed by atoms with Crippen molar-refractivity contribution in [3.8, 4) is 5.88 Å². The van der Waals surface area contributed by atoms with Crippen molar-refractivity contribution >= 4 is 11.8 Å². The zero-order chi connectivity index (χ0) is 15.6. The van der Waals surface area contributed by atoms with Crippen molar-refractivity contribution in [3.63, 3.8) is 0 Å². The first-order valence-electron chi connectivity index (χ1n) is 7.21. The predicted octanol–water partition coefficient (Wildman–Crippen LogP) is 2.42. The van der Waals surface area contributed by atoms with E-state index in [0.717, 1.165) is 6.42 Å². The van der Waals surface area contributed by atoms with Gasteiger partial charge in [0.25, 0.3) is 0 Å². The van der Waals surface area contributed by atoms with E-state index in [1.807, 2.05) is 13.8 Å².